The summed E-state index contributed by atoms with van der Waals surface area (Å²) in [5.74, 6) is 0. The van der Waals surface area contributed by atoms with Crippen molar-refractivity contribution in [2.24, 2.45) is 0 Å². The zero-order chi connectivity index (χ0) is 11.8. The van der Waals surface area contributed by atoms with Gasteiger partial charge in [-0.3, -0.25) is 0 Å². The highest BCUT2D eigenvalue weighted by Gasteiger charge is 2.04. The third-order valence-electron chi connectivity index (χ3n) is 1.03. The minimum atomic E-state index is -0.528. The molecule has 0 amide bonds. The first kappa shape index (κ1) is 16.6. The number of alkyl halides is 4. The van der Waals surface area contributed by atoms with Crippen LogP contribution in [-0.4, -0.2) is 8.34 Å². The first-order chi connectivity index (χ1) is 6.91. The summed E-state index contributed by atoms with van der Waals surface area (Å²) in [5, 5.41) is 0. The summed E-state index contributed by atoms with van der Waals surface area (Å²) in [5.41, 5.74) is 0. The highest BCUT2D eigenvalue weighted by Crippen LogP contribution is 2.28. The number of hydrogen-bond donors (Lipinski definition) is 1. The topological polar surface area (TPSA) is 0 Å². The minimum absolute atomic E-state index is 0.528. The van der Waals surface area contributed by atoms with Gasteiger partial charge in [-0.25, -0.2) is 0 Å². The van der Waals surface area contributed by atoms with Gasteiger partial charge in [0.1, 0.15) is 0 Å². The lowest BCUT2D eigenvalue weighted by Crippen LogP contribution is -1.81. The van der Waals surface area contributed by atoms with Gasteiger partial charge in [-0.15, -0.1) is 12.6 Å². The minimum Gasteiger partial charge on any atom is -0.143 e. The van der Waals surface area contributed by atoms with Gasteiger partial charge in [0.05, 0.1) is 0 Å². The van der Waals surface area contributed by atoms with Gasteiger partial charge in [0.25, 0.3) is 0 Å². The van der Waals surface area contributed by atoms with Crippen LogP contribution in [0.1, 0.15) is 0 Å². The summed E-state index contributed by atoms with van der Waals surface area (Å²) in [4.78, 5) is 0.994. The average molecular weight is 389 g/mol. The Morgan fingerprint density at radius 2 is 1.40 bits per heavy atom. The molecule has 0 atom stereocenters. The number of hydrogen-bond acceptors (Lipinski definition) is 2. The number of benzene rings is 1. The SMILES string of the molecule is ClC(Cl)SC(Cl)Cl.Sc1ccc(Br)cc1. The van der Waals surface area contributed by atoms with Crippen LogP contribution in [0.5, 0.6) is 0 Å². The maximum Gasteiger partial charge on any atom is 0.155 e. The van der Waals surface area contributed by atoms with Crippen LogP contribution in [0, 0.1) is 0 Å². The first-order valence-electron chi connectivity index (χ1n) is 3.58. The van der Waals surface area contributed by atoms with Crippen molar-refractivity contribution in [1.29, 1.82) is 0 Å². The van der Waals surface area contributed by atoms with E-state index >= 15 is 0 Å². The lowest BCUT2D eigenvalue weighted by Gasteiger charge is -1.97. The van der Waals surface area contributed by atoms with Gasteiger partial charge >= 0.3 is 0 Å². The number of halogens is 5. The Morgan fingerprint density at radius 1 is 1.00 bits per heavy atom. The molecule has 0 aliphatic heterocycles. The van der Waals surface area contributed by atoms with Crippen molar-refractivity contribution in [3.05, 3.63) is 28.7 Å². The Kier molecular flexibility index (Phi) is 10.6. The van der Waals surface area contributed by atoms with E-state index in [9.17, 15) is 0 Å². The lowest BCUT2D eigenvalue weighted by atomic mass is 10.4. The number of rotatable bonds is 2. The van der Waals surface area contributed by atoms with Crippen LogP contribution in [0.15, 0.2) is 33.6 Å². The van der Waals surface area contributed by atoms with E-state index in [1.807, 2.05) is 24.3 Å². The first-order valence-corrected chi connectivity index (χ1v) is 7.51. The van der Waals surface area contributed by atoms with Gasteiger partial charge in [0.2, 0.25) is 0 Å². The second kappa shape index (κ2) is 9.58. The fourth-order valence-corrected chi connectivity index (χ4v) is 2.95. The van der Waals surface area contributed by atoms with E-state index in [1.54, 1.807) is 0 Å². The summed E-state index contributed by atoms with van der Waals surface area (Å²) >= 11 is 29.4. The van der Waals surface area contributed by atoms with Gasteiger partial charge in [0.15, 0.2) is 8.34 Å². The molecule has 0 heterocycles. The van der Waals surface area contributed by atoms with Crippen molar-refractivity contribution in [3.8, 4) is 0 Å². The molecular formula is C8H7BrCl4S2. The van der Waals surface area contributed by atoms with Gasteiger partial charge in [-0.2, -0.15) is 0 Å². The maximum atomic E-state index is 5.23. The van der Waals surface area contributed by atoms with E-state index in [2.05, 4.69) is 28.6 Å². The standard InChI is InChI=1S/C6H5BrS.C2H2Cl4S/c7-5-1-3-6(8)4-2-5;3-1(4)7-2(5)6/h1-4,8H;1-2H. The molecule has 0 saturated carbocycles. The van der Waals surface area contributed by atoms with E-state index in [-0.39, 0.29) is 0 Å². The van der Waals surface area contributed by atoms with E-state index in [1.165, 1.54) is 0 Å². The molecule has 0 saturated heterocycles. The fraction of sp³-hybridized carbons (Fsp3) is 0.250. The molecule has 15 heavy (non-hydrogen) atoms. The summed E-state index contributed by atoms with van der Waals surface area (Å²) < 4.78 is 0.0373. The summed E-state index contributed by atoms with van der Waals surface area (Å²) in [6, 6.07) is 7.80. The molecule has 0 nitrogen and oxygen atoms in total. The summed E-state index contributed by atoms with van der Waals surface area (Å²) in [7, 11) is 0. The summed E-state index contributed by atoms with van der Waals surface area (Å²) in [6.07, 6.45) is 0. The molecule has 0 N–H and O–H groups in total. The molecule has 7 heteroatoms. The van der Waals surface area contributed by atoms with Gasteiger partial charge in [-0.05, 0) is 24.3 Å². The Hall–Kier alpha value is 1.56. The second-order valence-corrected chi connectivity index (χ2v) is 8.01. The molecule has 0 bridgehead atoms. The van der Waals surface area contributed by atoms with E-state index in [0.717, 1.165) is 21.1 Å². The number of thiol groups is 1. The predicted octanol–water partition coefficient (Wildman–Crippen LogP) is 5.98. The van der Waals surface area contributed by atoms with E-state index in [0.29, 0.717) is 0 Å². The smallest absolute Gasteiger partial charge is 0.143 e. The van der Waals surface area contributed by atoms with Crippen LogP contribution < -0.4 is 0 Å². The van der Waals surface area contributed by atoms with Gasteiger partial charge < -0.3 is 0 Å². The Balaban J connectivity index is 0.000000265. The third kappa shape index (κ3) is 11.8. The normalized spacial score (nSPS) is 10.1. The molecule has 0 aromatic heterocycles. The van der Waals surface area contributed by atoms with Crippen molar-refractivity contribution < 1.29 is 0 Å². The molecule has 0 fully saturated rings. The third-order valence-corrected chi connectivity index (χ3v) is 3.51. The molecule has 1 aromatic carbocycles. The van der Waals surface area contributed by atoms with Crippen molar-refractivity contribution in [1.82, 2.24) is 0 Å². The second-order valence-electron chi connectivity index (χ2n) is 2.13. The van der Waals surface area contributed by atoms with Crippen LogP contribution in [0.4, 0.5) is 0 Å². The highest BCUT2D eigenvalue weighted by molar-refractivity contribution is 9.10. The zero-order valence-electron chi connectivity index (χ0n) is 7.21. The van der Waals surface area contributed by atoms with Crippen molar-refractivity contribution in [2.75, 3.05) is 0 Å². The molecule has 0 aliphatic carbocycles. The molecule has 1 rings (SSSR count). The average Bonchev–Trinajstić information content (AvgIpc) is 2.09. The highest BCUT2D eigenvalue weighted by atomic mass is 79.9. The Morgan fingerprint density at radius 3 is 1.60 bits per heavy atom. The van der Waals surface area contributed by atoms with E-state index in [4.69, 9.17) is 46.4 Å². The van der Waals surface area contributed by atoms with Crippen LogP contribution >= 0.6 is 86.7 Å². The van der Waals surface area contributed by atoms with Crippen LogP contribution in [0.2, 0.25) is 0 Å². The monoisotopic (exact) mass is 386 g/mol. The molecule has 1 aromatic rings. The molecular weight excluding hydrogens is 382 g/mol. The molecule has 0 radical (unpaired) electrons. The van der Waals surface area contributed by atoms with Gasteiger partial charge in [0, 0.05) is 9.37 Å². The molecule has 0 unspecified atom stereocenters. The van der Waals surface area contributed by atoms with Crippen LogP contribution in [0.25, 0.3) is 0 Å². The molecule has 86 valence electrons. The lowest BCUT2D eigenvalue weighted by molar-refractivity contribution is 1.46. The largest absolute Gasteiger partial charge is 0.155 e. The molecule has 0 spiro atoms. The number of thioether (sulfide) groups is 1. The zero-order valence-corrected chi connectivity index (χ0v) is 13.5. The van der Waals surface area contributed by atoms with E-state index < -0.39 is 8.34 Å². The van der Waals surface area contributed by atoms with Gasteiger partial charge in [-0.1, -0.05) is 74.1 Å². The summed E-state index contributed by atoms with van der Waals surface area (Å²) in [6.45, 7) is 0. The van der Waals surface area contributed by atoms with Crippen molar-refractivity contribution in [3.63, 3.8) is 0 Å². The van der Waals surface area contributed by atoms with Crippen molar-refractivity contribution in [2.45, 2.75) is 13.2 Å². The van der Waals surface area contributed by atoms with Crippen molar-refractivity contribution >= 4 is 86.7 Å². The Labute approximate surface area is 128 Å². The molecule has 0 aliphatic rings. The van der Waals surface area contributed by atoms with Crippen LogP contribution in [0.3, 0.4) is 0 Å². The quantitative estimate of drug-likeness (QED) is 0.480. The Bertz CT molecular complexity index is 239. The fourth-order valence-electron chi connectivity index (χ4n) is 0.519. The van der Waals surface area contributed by atoms with Crippen LogP contribution in [-0.2, 0) is 0 Å². The predicted molar refractivity (Wildman–Crippen MR) is 80.0 cm³/mol. The maximum absolute atomic E-state index is 5.23.